The van der Waals surface area contributed by atoms with E-state index in [1.54, 1.807) is 19.2 Å². The van der Waals surface area contributed by atoms with Gasteiger partial charge in [-0.25, -0.2) is 0 Å². The monoisotopic (exact) mass is 267 g/mol. The van der Waals surface area contributed by atoms with Crippen LogP contribution in [0.25, 0.3) is 10.9 Å². The van der Waals surface area contributed by atoms with Crippen LogP contribution in [0.2, 0.25) is 0 Å². The molecule has 15 heavy (non-hydrogen) atoms. The van der Waals surface area contributed by atoms with Crippen molar-refractivity contribution in [3.63, 3.8) is 0 Å². The predicted octanol–water partition coefficient (Wildman–Crippen LogP) is 3.02. The number of aryl methyl sites for hydroxylation is 1. The zero-order valence-electron chi connectivity index (χ0n) is 8.41. The molecule has 78 valence electrons. The Kier molecular flexibility index (Phi) is 2.52. The minimum absolute atomic E-state index is 0.220. The van der Waals surface area contributed by atoms with Gasteiger partial charge in [0.15, 0.2) is 0 Å². The molecule has 0 saturated carbocycles. The zero-order chi connectivity index (χ0) is 11.0. The number of aromatic nitrogens is 1. The van der Waals surface area contributed by atoms with Crippen molar-refractivity contribution in [2.24, 2.45) is 0 Å². The first-order valence-corrected chi connectivity index (χ1v) is 5.25. The number of hydrogen-bond donors (Lipinski definition) is 1. The average molecular weight is 268 g/mol. The maximum atomic E-state index is 9.78. The van der Waals surface area contributed by atoms with Crippen molar-refractivity contribution in [2.75, 3.05) is 7.11 Å². The first-order valence-electron chi connectivity index (χ1n) is 4.45. The smallest absolute Gasteiger partial charge is 0.126 e. The van der Waals surface area contributed by atoms with Gasteiger partial charge in [0.2, 0.25) is 0 Å². The molecule has 0 bridgehead atoms. The number of methoxy groups -OCH3 is 1. The summed E-state index contributed by atoms with van der Waals surface area (Å²) < 4.78 is 5.94. The summed E-state index contributed by atoms with van der Waals surface area (Å²) in [5, 5.41) is 10.5. The molecule has 1 heterocycles. The highest BCUT2D eigenvalue weighted by molar-refractivity contribution is 9.10. The summed E-state index contributed by atoms with van der Waals surface area (Å²) >= 11 is 3.40. The lowest BCUT2D eigenvalue weighted by Gasteiger charge is -2.07. The number of hydrogen-bond acceptors (Lipinski definition) is 3. The standard InChI is InChI=1S/C11H10BrNO2/c1-6-3-10(14)8-4-7(15-2)5-9(12)11(8)13-6/h3-5H,1-2H3,(H,13,14). The molecule has 2 aromatic rings. The van der Waals surface area contributed by atoms with Gasteiger partial charge in [0, 0.05) is 21.6 Å². The summed E-state index contributed by atoms with van der Waals surface area (Å²) in [5.74, 6) is 0.910. The van der Waals surface area contributed by atoms with Gasteiger partial charge in [-0.3, -0.25) is 4.98 Å². The van der Waals surface area contributed by atoms with E-state index in [0.717, 1.165) is 15.7 Å². The summed E-state index contributed by atoms with van der Waals surface area (Å²) in [5.41, 5.74) is 1.53. The van der Waals surface area contributed by atoms with Gasteiger partial charge in [0.1, 0.15) is 11.5 Å². The summed E-state index contributed by atoms with van der Waals surface area (Å²) in [6, 6.07) is 5.23. The molecule has 0 saturated heterocycles. The van der Waals surface area contributed by atoms with Crippen LogP contribution in [0, 0.1) is 6.92 Å². The fraction of sp³-hybridized carbons (Fsp3) is 0.182. The van der Waals surface area contributed by atoms with Crippen LogP contribution in [0.5, 0.6) is 11.5 Å². The lowest BCUT2D eigenvalue weighted by molar-refractivity contribution is 0.414. The van der Waals surface area contributed by atoms with Gasteiger partial charge in [0.25, 0.3) is 0 Å². The van der Waals surface area contributed by atoms with Crippen LogP contribution in [0.3, 0.4) is 0 Å². The van der Waals surface area contributed by atoms with E-state index in [2.05, 4.69) is 20.9 Å². The number of pyridine rings is 1. The summed E-state index contributed by atoms with van der Waals surface area (Å²) in [4.78, 5) is 4.35. The molecular weight excluding hydrogens is 258 g/mol. The van der Waals surface area contributed by atoms with Crippen molar-refractivity contribution in [1.29, 1.82) is 0 Å². The molecule has 0 amide bonds. The molecule has 0 fully saturated rings. The van der Waals surface area contributed by atoms with Crippen molar-refractivity contribution in [1.82, 2.24) is 4.98 Å². The van der Waals surface area contributed by atoms with E-state index in [0.29, 0.717) is 11.1 Å². The van der Waals surface area contributed by atoms with Crippen LogP contribution in [-0.4, -0.2) is 17.2 Å². The van der Waals surface area contributed by atoms with E-state index in [1.807, 2.05) is 13.0 Å². The second-order valence-electron chi connectivity index (χ2n) is 3.29. The van der Waals surface area contributed by atoms with E-state index in [4.69, 9.17) is 4.74 Å². The number of ether oxygens (including phenoxy) is 1. The normalized spacial score (nSPS) is 10.6. The van der Waals surface area contributed by atoms with Crippen LogP contribution >= 0.6 is 15.9 Å². The third kappa shape index (κ3) is 1.77. The van der Waals surface area contributed by atoms with Gasteiger partial charge in [-0.2, -0.15) is 0 Å². The number of benzene rings is 1. The van der Waals surface area contributed by atoms with Crippen LogP contribution in [-0.2, 0) is 0 Å². The molecule has 1 N–H and O–H groups in total. The predicted molar refractivity (Wildman–Crippen MR) is 62.4 cm³/mol. The Morgan fingerprint density at radius 1 is 1.33 bits per heavy atom. The summed E-state index contributed by atoms with van der Waals surface area (Å²) in [6.45, 7) is 1.84. The fourth-order valence-corrected chi connectivity index (χ4v) is 2.01. The quantitative estimate of drug-likeness (QED) is 0.864. The minimum atomic E-state index is 0.220. The Balaban J connectivity index is 2.85. The third-order valence-electron chi connectivity index (χ3n) is 2.18. The fourth-order valence-electron chi connectivity index (χ4n) is 1.49. The second-order valence-corrected chi connectivity index (χ2v) is 4.14. The van der Waals surface area contributed by atoms with E-state index in [1.165, 1.54) is 0 Å². The molecule has 0 aliphatic heterocycles. The van der Waals surface area contributed by atoms with Gasteiger partial charge in [-0.15, -0.1) is 0 Å². The number of aromatic hydroxyl groups is 1. The van der Waals surface area contributed by atoms with Gasteiger partial charge in [0.05, 0.1) is 12.6 Å². The minimum Gasteiger partial charge on any atom is -0.507 e. The largest absolute Gasteiger partial charge is 0.507 e. The van der Waals surface area contributed by atoms with Crippen LogP contribution in [0.1, 0.15) is 5.69 Å². The molecule has 4 heteroatoms. The van der Waals surface area contributed by atoms with Gasteiger partial charge in [-0.1, -0.05) is 0 Å². The molecule has 0 unspecified atom stereocenters. The van der Waals surface area contributed by atoms with Gasteiger partial charge in [-0.05, 0) is 35.0 Å². The molecule has 0 radical (unpaired) electrons. The zero-order valence-corrected chi connectivity index (χ0v) is 10.00. The Bertz CT molecular complexity index is 525. The van der Waals surface area contributed by atoms with E-state index >= 15 is 0 Å². The van der Waals surface area contributed by atoms with E-state index < -0.39 is 0 Å². The Hall–Kier alpha value is -1.29. The van der Waals surface area contributed by atoms with E-state index in [9.17, 15) is 5.11 Å². The topological polar surface area (TPSA) is 42.4 Å². The van der Waals surface area contributed by atoms with Crippen molar-refractivity contribution in [2.45, 2.75) is 6.92 Å². The van der Waals surface area contributed by atoms with Crippen molar-refractivity contribution >= 4 is 26.8 Å². The number of nitrogens with zero attached hydrogens (tertiary/aromatic N) is 1. The maximum absolute atomic E-state index is 9.78. The van der Waals surface area contributed by atoms with Crippen molar-refractivity contribution in [3.05, 3.63) is 28.4 Å². The van der Waals surface area contributed by atoms with E-state index in [-0.39, 0.29) is 5.75 Å². The number of rotatable bonds is 1. The molecule has 0 aliphatic carbocycles. The first-order chi connectivity index (χ1) is 7.11. The SMILES string of the molecule is COc1cc(Br)c2nc(C)cc(O)c2c1. The van der Waals surface area contributed by atoms with Crippen molar-refractivity contribution < 1.29 is 9.84 Å². The Morgan fingerprint density at radius 2 is 2.07 bits per heavy atom. The highest BCUT2D eigenvalue weighted by atomic mass is 79.9. The molecule has 0 aliphatic rings. The molecule has 1 aromatic heterocycles. The van der Waals surface area contributed by atoms with Crippen LogP contribution in [0.4, 0.5) is 0 Å². The Labute approximate surface area is 95.8 Å². The van der Waals surface area contributed by atoms with Gasteiger partial charge >= 0.3 is 0 Å². The lowest BCUT2D eigenvalue weighted by Crippen LogP contribution is -1.88. The molecule has 2 rings (SSSR count). The Morgan fingerprint density at radius 3 is 2.73 bits per heavy atom. The highest BCUT2D eigenvalue weighted by Gasteiger charge is 2.08. The van der Waals surface area contributed by atoms with Crippen molar-refractivity contribution in [3.8, 4) is 11.5 Å². The van der Waals surface area contributed by atoms with Crippen LogP contribution in [0.15, 0.2) is 22.7 Å². The number of halogens is 1. The highest BCUT2D eigenvalue weighted by Crippen LogP contribution is 2.33. The van der Waals surface area contributed by atoms with Crippen LogP contribution < -0.4 is 4.74 Å². The second kappa shape index (κ2) is 3.70. The first kappa shape index (κ1) is 10.2. The molecule has 0 spiro atoms. The van der Waals surface area contributed by atoms with Gasteiger partial charge < -0.3 is 9.84 Å². The molecule has 3 nitrogen and oxygen atoms in total. The molecule has 1 aromatic carbocycles. The molecule has 0 atom stereocenters. The summed E-state index contributed by atoms with van der Waals surface area (Å²) in [7, 11) is 1.59. The lowest BCUT2D eigenvalue weighted by atomic mass is 10.2. The third-order valence-corrected chi connectivity index (χ3v) is 2.79. The average Bonchev–Trinajstić information content (AvgIpc) is 2.19. The molecular formula is C11H10BrNO2. The maximum Gasteiger partial charge on any atom is 0.126 e. The summed E-state index contributed by atoms with van der Waals surface area (Å²) in [6.07, 6.45) is 0. The number of fused-ring (bicyclic) bond motifs is 1.